The summed E-state index contributed by atoms with van der Waals surface area (Å²) in [5.41, 5.74) is 6.66. The predicted molar refractivity (Wildman–Crippen MR) is 75.3 cm³/mol. The molecule has 1 spiro atoms. The maximum atomic E-state index is 6.48. The Bertz CT molecular complexity index is 251. The van der Waals surface area contributed by atoms with E-state index in [2.05, 4.69) is 20.8 Å². The zero-order valence-electron chi connectivity index (χ0n) is 11.4. The van der Waals surface area contributed by atoms with Crippen molar-refractivity contribution in [1.82, 2.24) is 0 Å². The third kappa shape index (κ3) is 2.99. The molecule has 0 aromatic carbocycles. The van der Waals surface area contributed by atoms with Crippen LogP contribution in [0.15, 0.2) is 0 Å². The normalized spacial score (nSPS) is 37.6. The molecule has 2 N–H and O–H groups in total. The molecule has 0 radical (unpaired) electrons. The van der Waals surface area contributed by atoms with Gasteiger partial charge in [-0.15, -0.1) is 0 Å². The van der Waals surface area contributed by atoms with E-state index in [0.717, 1.165) is 13.0 Å². The van der Waals surface area contributed by atoms with E-state index >= 15 is 0 Å². The first-order chi connectivity index (χ1) is 8.04. The Morgan fingerprint density at radius 3 is 2.71 bits per heavy atom. The van der Waals surface area contributed by atoms with Crippen LogP contribution in [0, 0.1) is 17.8 Å². The molecule has 0 aliphatic carbocycles. The van der Waals surface area contributed by atoms with Crippen molar-refractivity contribution < 1.29 is 4.74 Å². The number of rotatable bonds is 3. The Labute approximate surface area is 110 Å². The molecule has 0 aromatic rings. The molecule has 0 amide bonds. The summed E-state index contributed by atoms with van der Waals surface area (Å²) in [7, 11) is 0. The lowest BCUT2D eigenvalue weighted by Gasteiger charge is -2.42. The van der Waals surface area contributed by atoms with Crippen LogP contribution in [0.2, 0.25) is 0 Å². The molecule has 2 fully saturated rings. The van der Waals surface area contributed by atoms with E-state index < -0.39 is 0 Å². The maximum Gasteiger partial charge on any atom is 0.0783 e. The lowest BCUT2D eigenvalue weighted by atomic mass is 9.75. The van der Waals surface area contributed by atoms with Crippen molar-refractivity contribution in [2.24, 2.45) is 23.5 Å². The fraction of sp³-hybridized carbons (Fsp3) is 1.00. The molecule has 2 nitrogen and oxygen atoms in total. The monoisotopic (exact) mass is 257 g/mol. The summed E-state index contributed by atoms with van der Waals surface area (Å²) in [4.78, 5) is 0. The van der Waals surface area contributed by atoms with Crippen LogP contribution in [0.4, 0.5) is 0 Å². The minimum absolute atomic E-state index is 0.182. The second kappa shape index (κ2) is 5.50. The molecule has 2 rings (SSSR count). The van der Waals surface area contributed by atoms with Crippen molar-refractivity contribution in [3.05, 3.63) is 0 Å². The lowest BCUT2D eigenvalue weighted by Crippen LogP contribution is -2.48. The van der Waals surface area contributed by atoms with E-state index in [1.165, 1.54) is 24.3 Å². The van der Waals surface area contributed by atoms with Crippen molar-refractivity contribution in [2.45, 2.75) is 51.7 Å². The number of hydrogen-bond donors (Lipinski definition) is 1. The highest BCUT2D eigenvalue weighted by Crippen LogP contribution is 2.42. The summed E-state index contributed by atoms with van der Waals surface area (Å²) in [6.07, 6.45) is 3.58. The molecule has 0 saturated carbocycles. The number of hydrogen-bond acceptors (Lipinski definition) is 3. The first-order valence-corrected chi connectivity index (χ1v) is 8.17. The Hall–Kier alpha value is 0.270. The quantitative estimate of drug-likeness (QED) is 0.844. The summed E-state index contributed by atoms with van der Waals surface area (Å²) in [6, 6.07) is 0.348. The van der Waals surface area contributed by atoms with Crippen molar-refractivity contribution in [3.63, 3.8) is 0 Å². The first-order valence-electron chi connectivity index (χ1n) is 7.01. The molecule has 2 aliphatic heterocycles. The molecular weight excluding hydrogens is 230 g/mol. The SMILES string of the molecule is CC(C)C(C)C(N)C1CCOC2(CCSC2)C1. The Morgan fingerprint density at radius 2 is 2.12 bits per heavy atom. The smallest absolute Gasteiger partial charge is 0.0783 e. The minimum atomic E-state index is 0.182. The summed E-state index contributed by atoms with van der Waals surface area (Å²) in [5.74, 6) is 4.42. The summed E-state index contributed by atoms with van der Waals surface area (Å²) in [5, 5.41) is 0. The van der Waals surface area contributed by atoms with E-state index in [0.29, 0.717) is 23.8 Å². The molecule has 17 heavy (non-hydrogen) atoms. The molecule has 4 unspecified atom stereocenters. The van der Waals surface area contributed by atoms with Crippen molar-refractivity contribution in [3.8, 4) is 0 Å². The molecule has 3 heteroatoms. The van der Waals surface area contributed by atoms with Crippen molar-refractivity contribution in [2.75, 3.05) is 18.1 Å². The first kappa shape index (κ1) is 13.7. The molecule has 2 saturated heterocycles. The fourth-order valence-corrected chi connectivity index (χ4v) is 4.51. The summed E-state index contributed by atoms with van der Waals surface area (Å²) in [6.45, 7) is 7.79. The van der Waals surface area contributed by atoms with Crippen molar-refractivity contribution >= 4 is 11.8 Å². The zero-order chi connectivity index (χ0) is 12.5. The van der Waals surface area contributed by atoms with E-state index in [9.17, 15) is 0 Å². The molecule has 4 atom stereocenters. The van der Waals surface area contributed by atoms with Crippen LogP contribution < -0.4 is 5.73 Å². The molecule has 0 aromatic heterocycles. The molecule has 2 heterocycles. The van der Waals surface area contributed by atoms with E-state index in [4.69, 9.17) is 10.5 Å². The van der Waals surface area contributed by atoms with Gasteiger partial charge in [0.15, 0.2) is 0 Å². The molecule has 100 valence electrons. The average Bonchev–Trinajstić information content (AvgIpc) is 2.75. The highest BCUT2D eigenvalue weighted by Gasteiger charge is 2.42. The van der Waals surface area contributed by atoms with E-state index in [1.807, 2.05) is 11.8 Å². The Morgan fingerprint density at radius 1 is 1.35 bits per heavy atom. The largest absolute Gasteiger partial charge is 0.374 e. The van der Waals surface area contributed by atoms with Gasteiger partial charge in [0.2, 0.25) is 0 Å². The second-order valence-electron chi connectivity index (χ2n) is 6.27. The van der Waals surface area contributed by atoms with Gasteiger partial charge < -0.3 is 10.5 Å². The third-order valence-corrected chi connectivity index (χ3v) is 6.02. The zero-order valence-corrected chi connectivity index (χ0v) is 12.3. The van der Waals surface area contributed by atoms with Gasteiger partial charge in [0.25, 0.3) is 0 Å². The summed E-state index contributed by atoms with van der Waals surface area (Å²) < 4.78 is 6.07. The van der Waals surface area contributed by atoms with Gasteiger partial charge >= 0.3 is 0 Å². The van der Waals surface area contributed by atoms with E-state index in [1.54, 1.807) is 0 Å². The van der Waals surface area contributed by atoms with Crippen LogP contribution in [-0.2, 0) is 4.74 Å². The van der Waals surface area contributed by atoms with Crippen LogP contribution in [-0.4, -0.2) is 29.8 Å². The number of nitrogens with two attached hydrogens (primary N) is 1. The summed E-state index contributed by atoms with van der Waals surface area (Å²) >= 11 is 2.04. The van der Waals surface area contributed by atoms with Crippen LogP contribution >= 0.6 is 11.8 Å². The van der Waals surface area contributed by atoms with Gasteiger partial charge in [-0.05, 0) is 42.8 Å². The van der Waals surface area contributed by atoms with Gasteiger partial charge in [-0.25, -0.2) is 0 Å². The van der Waals surface area contributed by atoms with Crippen molar-refractivity contribution in [1.29, 1.82) is 0 Å². The Kier molecular flexibility index (Phi) is 4.43. The third-order valence-electron chi connectivity index (χ3n) is 4.80. The van der Waals surface area contributed by atoms with Crippen LogP contribution in [0.1, 0.15) is 40.0 Å². The van der Waals surface area contributed by atoms with Gasteiger partial charge in [0, 0.05) is 18.4 Å². The van der Waals surface area contributed by atoms with Crippen LogP contribution in [0.3, 0.4) is 0 Å². The molecule has 2 aliphatic rings. The van der Waals surface area contributed by atoms with Gasteiger partial charge in [-0.1, -0.05) is 20.8 Å². The van der Waals surface area contributed by atoms with Crippen LogP contribution in [0.5, 0.6) is 0 Å². The van der Waals surface area contributed by atoms with Gasteiger partial charge in [0.1, 0.15) is 0 Å². The highest BCUT2D eigenvalue weighted by molar-refractivity contribution is 7.99. The van der Waals surface area contributed by atoms with E-state index in [-0.39, 0.29) is 5.60 Å². The molecule has 0 bridgehead atoms. The highest BCUT2D eigenvalue weighted by atomic mass is 32.2. The van der Waals surface area contributed by atoms with Gasteiger partial charge in [-0.2, -0.15) is 11.8 Å². The number of thioether (sulfide) groups is 1. The Balaban J connectivity index is 1.97. The topological polar surface area (TPSA) is 35.2 Å². The second-order valence-corrected chi connectivity index (χ2v) is 7.37. The van der Waals surface area contributed by atoms with Gasteiger partial charge in [0.05, 0.1) is 5.60 Å². The fourth-order valence-electron chi connectivity index (χ4n) is 3.13. The maximum absolute atomic E-state index is 6.48. The minimum Gasteiger partial charge on any atom is -0.374 e. The average molecular weight is 257 g/mol. The molecular formula is C14H27NOS. The lowest BCUT2D eigenvalue weighted by molar-refractivity contribution is -0.0865. The van der Waals surface area contributed by atoms with Crippen LogP contribution in [0.25, 0.3) is 0 Å². The van der Waals surface area contributed by atoms with Gasteiger partial charge in [-0.3, -0.25) is 0 Å². The number of ether oxygens (including phenoxy) is 1. The standard InChI is InChI=1S/C14H27NOS/c1-10(2)11(3)13(15)12-4-6-16-14(8-12)5-7-17-9-14/h10-13H,4-9,15H2,1-3H3. The predicted octanol–water partition coefficient (Wildman–Crippen LogP) is 2.91.